The Kier molecular flexibility index (Phi) is 5.06. The summed E-state index contributed by atoms with van der Waals surface area (Å²) >= 11 is 6.63. The van der Waals surface area contributed by atoms with E-state index in [-0.39, 0.29) is 17.0 Å². The lowest BCUT2D eigenvalue weighted by Gasteiger charge is -2.34. The molecule has 4 nitrogen and oxygen atoms in total. The second-order valence-electron chi connectivity index (χ2n) is 5.47. The summed E-state index contributed by atoms with van der Waals surface area (Å²) in [5, 5.41) is 4.53. The molecular weight excluding hydrogens is 355 g/mol. The third-order valence-electron chi connectivity index (χ3n) is 4.10. The van der Waals surface area contributed by atoms with Crippen molar-refractivity contribution >= 4 is 29.0 Å². The zero-order chi connectivity index (χ0) is 16.4. The van der Waals surface area contributed by atoms with Crippen molar-refractivity contribution in [2.24, 2.45) is 5.10 Å². The highest BCUT2D eigenvalue weighted by atomic mass is 35.5. The van der Waals surface area contributed by atoms with Crippen LogP contribution in [0, 0.1) is 0 Å². The van der Waals surface area contributed by atoms with E-state index < -0.39 is 0 Å². The minimum Gasteiger partial charge on any atom is -1.00 e. The van der Waals surface area contributed by atoms with Gasteiger partial charge in [-0.25, -0.2) is 0 Å². The minimum atomic E-state index is 0. The van der Waals surface area contributed by atoms with Crippen molar-refractivity contribution in [3.05, 3.63) is 96.6 Å². The van der Waals surface area contributed by atoms with Gasteiger partial charge in [-0.15, -0.1) is 0 Å². The summed E-state index contributed by atoms with van der Waals surface area (Å²) in [6.07, 6.45) is 0. The van der Waals surface area contributed by atoms with Gasteiger partial charge in [0.05, 0.1) is 22.0 Å². The molecule has 0 saturated carbocycles. The van der Waals surface area contributed by atoms with Crippen LogP contribution < -0.4 is 22.5 Å². The van der Waals surface area contributed by atoms with Crippen LogP contribution in [0.4, 0.5) is 11.4 Å². The number of quaternary nitrogens is 1. The fourth-order valence-corrected chi connectivity index (χ4v) is 3.32. The monoisotopic (exact) mass is 370 g/mol. The lowest BCUT2D eigenvalue weighted by atomic mass is 10.1. The fraction of sp³-hybridized carbons (Fsp3) is 0. The van der Waals surface area contributed by atoms with Crippen molar-refractivity contribution < 1.29 is 12.4 Å². The van der Waals surface area contributed by atoms with Gasteiger partial charge in [-0.1, -0.05) is 64.3 Å². The molecule has 0 radical (unpaired) electrons. The van der Waals surface area contributed by atoms with E-state index >= 15 is 0 Å². The lowest BCUT2D eigenvalue weighted by molar-refractivity contribution is -0.00000464. The number of hydrogen-bond acceptors (Lipinski definition) is 3. The molecular formula is C19H16Cl2N4. The van der Waals surface area contributed by atoms with Gasteiger partial charge in [0, 0.05) is 24.3 Å². The Bertz CT molecular complexity index is 815. The third-order valence-corrected chi connectivity index (χ3v) is 4.40. The lowest BCUT2D eigenvalue weighted by Crippen LogP contribution is -3.00. The molecule has 126 valence electrons. The SMILES string of the molecule is ClN1NN=C(c2ccccc2)[N+]1(c1ccccc1)c1ccccc1.[Cl-]. The highest BCUT2D eigenvalue weighted by molar-refractivity contribution is 6.20. The normalized spacial score (nSPS) is 15.8. The highest BCUT2D eigenvalue weighted by Crippen LogP contribution is 2.41. The van der Waals surface area contributed by atoms with E-state index in [1.165, 1.54) is 4.64 Å². The number of rotatable bonds is 3. The van der Waals surface area contributed by atoms with Crippen molar-refractivity contribution in [2.45, 2.75) is 0 Å². The maximum atomic E-state index is 6.63. The first-order chi connectivity index (χ1) is 11.8. The highest BCUT2D eigenvalue weighted by Gasteiger charge is 2.51. The van der Waals surface area contributed by atoms with Crippen LogP contribution in [-0.4, -0.2) is 10.5 Å². The van der Waals surface area contributed by atoms with Crippen molar-refractivity contribution in [3.8, 4) is 0 Å². The molecule has 0 atom stereocenters. The van der Waals surface area contributed by atoms with Crippen LogP contribution >= 0.6 is 11.8 Å². The van der Waals surface area contributed by atoms with Gasteiger partial charge in [0.1, 0.15) is 0 Å². The maximum Gasteiger partial charge on any atom is 0.285 e. The molecule has 25 heavy (non-hydrogen) atoms. The van der Waals surface area contributed by atoms with E-state index in [4.69, 9.17) is 11.8 Å². The van der Waals surface area contributed by atoms with Crippen molar-refractivity contribution in [1.29, 1.82) is 0 Å². The number of nitrogens with zero attached hydrogens (tertiary/aromatic N) is 3. The first kappa shape index (κ1) is 17.5. The van der Waals surface area contributed by atoms with Crippen LogP contribution in [0.1, 0.15) is 5.56 Å². The smallest absolute Gasteiger partial charge is 0.285 e. The van der Waals surface area contributed by atoms with E-state index in [9.17, 15) is 0 Å². The summed E-state index contributed by atoms with van der Waals surface area (Å²) < 4.78 is 1.65. The molecule has 4 rings (SSSR count). The van der Waals surface area contributed by atoms with Crippen molar-refractivity contribution in [2.75, 3.05) is 0 Å². The topological polar surface area (TPSA) is 27.6 Å². The fourth-order valence-electron chi connectivity index (χ4n) is 3.03. The molecule has 6 heteroatoms. The van der Waals surface area contributed by atoms with E-state index in [1.54, 1.807) is 0 Å². The zero-order valence-corrected chi connectivity index (χ0v) is 14.8. The Morgan fingerprint density at radius 2 is 1.16 bits per heavy atom. The molecule has 1 aliphatic rings. The predicted octanol–water partition coefficient (Wildman–Crippen LogP) is 1.58. The van der Waals surface area contributed by atoms with Gasteiger partial charge in [0.25, 0.3) is 5.84 Å². The van der Waals surface area contributed by atoms with Crippen molar-refractivity contribution in [1.82, 2.24) is 14.8 Å². The molecule has 0 aliphatic carbocycles. The Hall–Kier alpha value is -2.37. The summed E-state index contributed by atoms with van der Waals surface area (Å²) in [4.78, 5) is 0. The molecule has 1 N–H and O–H groups in total. The van der Waals surface area contributed by atoms with Crippen LogP contribution in [-0.2, 0) is 0 Å². The van der Waals surface area contributed by atoms with Gasteiger partial charge in [-0.2, -0.15) is 5.53 Å². The van der Waals surface area contributed by atoms with Crippen LogP contribution in [0.2, 0.25) is 0 Å². The van der Waals surface area contributed by atoms with Gasteiger partial charge < -0.3 is 12.4 Å². The second kappa shape index (κ2) is 7.25. The quantitative estimate of drug-likeness (QED) is 0.559. The summed E-state index contributed by atoms with van der Waals surface area (Å²) in [5.41, 5.74) is 5.90. The first-order valence-electron chi connectivity index (χ1n) is 7.69. The molecule has 0 amide bonds. The average molecular weight is 371 g/mol. The first-order valence-corrected chi connectivity index (χ1v) is 8.03. The molecule has 0 spiro atoms. The zero-order valence-electron chi connectivity index (χ0n) is 13.3. The maximum absolute atomic E-state index is 6.63. The van der Waals surface area contributed by atoms with Gasteiger partial charge in [-0.05, 0) is 12.1 Å². The second-order valence-corrected chi connectivity index (χ2v) is 5.79. The van der Waals surface area contributed by atoms with Crippen LogP contribution in [0.3, 0.4) is 0 Å². The van der Waals surface area contributed by atoms with Gasteiger partial charge in [-0.3, -0.25) is 0 Å². The van der Waals surface area contributed by atoms with Gasteiger partial charge in [0.2, 0.25) is 0 Å². The van der Waals surface area contributed by atoms with Gasteiger partial charge in [0.15, 0.2) is 11.4 Å². The predicted molar refractivity (Wildman–Crippen MR) is 98.1 cm³/mol. The number of hydrazone groups is 1. The molecule has 3 aromatic rings. The Labute approximate surface area is 158 Å². The van der Waals surface area contributed by atoms with Gasteiger partial charge >= 0.3 is 0 Å². The third kappa shape index (κ3) is 2.79. The van der Waals surface area contributed by atoms with E-state index in [0.717, 1.165) is 22.8 Å². The summed E-state index contributed by atoms with van der Waals surface area (Å²) in [6.45, 7) is 0. The van der Waals surface area contributed by atoms with Crippen molar-refractivity contribution in [3.63, 3.8) is 0 Å². The summed E-state index contributed by atoms with van der Waals surface area (Å²) in [6, 6.07) is 30.3. The number of nitrogens with one attached hydrogen (secondary N) is 1. The Morgan fingerprint density at radius 3 is 1.64 bits per heavy atom. The Balaban J connectivity index is 0.00000182. The Morgan fingerprint density at radius 1 is 0.720 bits per heavy atom. The molecule has 0 saturated heterocycles. The molecule has 0 aromatic heterocycles. The summed E-state index contributed by atoms with van der Waals surface area (Å²) in [7, 11) is 0. The molecule has 3 aromatic carbocycles. The van der Waals surface area contributed by atoms with Crippen LogP contribution in [0.25, 0.3) is 0 Å². The number of benzene rings is 3. The number of para-hydroxylation sites is 2. The van der Waals surface area contributed by atoms with E-state index in [0.29, 0.717) is 0 Å². The number of halogens is 2. The minimum absolute atomic E-state index is 0. The van der Waals surface area contributed by atoms with Crippen LogP contribution in [0.15, 0.2) is 96.1 Å². The molecule has 1 aliphatic heterocycles. The largest absolute Gasteiger partial charge is 1.00 e. The standard InChI is InChI=1S/C19H16ClN4.ClH/c20-23-22-21-19(16-10-4-1-5-11-16)24(23,17-12-6-2-7-13-17)18-14-8-3-9-15-18;/h1-15,22H;1H/q+1;/p-1. The molecule has 0 unspecified atom stereocenters. The number of amidine groups is 1. The molecule has 0 fully saturated rings. The summed E-state index contributed by atoms with van der Waals surface area (Å²) in [5.74, 6) is 0.808. The number of hydrogen-bond donors (Lipinski definition) is 1. The molecule has 1 heterocycles. The molecule has 0 bridgehead atoms. The van der Waals surface area contributed by atoms with Crippen LogP contribution in [0.5, 0.6) is 0 Å². The van der Waals surface area contributed by atoms with E-state index in [2.05, 4.69) is 10.6 Å². The van der Waals surface area contributed by atoms with E-state index in [1.807, 2.05) is 91.0 Å². The average Bonchev–Trinajstić information content (AvgIpc) is 3.02. The number of hydrazine groups is 1.